The number of ether oxygens (including phenoxy) is 1. The van der Waals surface area contributed by atoms with Crippen molar-refractivity contribution in [3.63, 3.8) is 0 Å². The largest absolute Gasteiger partial charge is 0.379 e. The molecule has 0 spiro atoms. The number of nitrogens with one attached hydrogen (secondary N) is 2. The summed E-state index contributed by atoms with van der Waals surface area (Å²) in [5.41, 5.74) is 0.896. The maximum absolute atomic E-state index is 13.6. The highest BCUT2D eigenvalue weighted by Gasteiger charge is 2.22. The zero-order chi connectivity index (χ0) is 22.1. The number of anilines is 1. The van der Waals surface area contributed by atoms with Gasteiger partial charge in [-0.15, -0.1) is 24.0 Å². The second-order valence-electron chi connectivity index (χ2n) is 8.24. The lowest BCUT2D eigenvalue weighted by Crippen LogP contribution is -2.52. The highest BCUT2D eigenvalue weighted by molar-refractivity contribution is 14.0. The quantitative estimate of drug-likeness (QED) is 0.297. The molecule has 10 heteroatoms. The van der Waals surface area contributed by atoms with Gasteiger partial charge in [-0.1, -0.05) is 6.07 Å². The molecule has 2 heterocycles. The number of hydrogen-bond acceptors (Lipinski definition) is 5. The molecule has 0 bridgehead atoms. The minimum Gasteiger partial charge on any atom is -0.379 e. The second kappa shape index (κ2) is 13.8. The van der Waals surface area contributed by atoms with Crippen molar-refractivity contribution in [1.82, 2.24) is 20.4 Å². The summed E-state index contributed by atoms with van der Waals surface area (Å²) >= 11 is 0. The number of carbonyl (C=O) groups is 1. The summed E-state index contributed by atoms with van der Waals surface area (Å²) < 4.78 is 19.0. The van der Waals surface area contributed by atoms with Gasteiger partial charge in [0.15, 0.2) is 5.96 Å². The molecular formula is C22H36FIN6O2. The Balaban J connectivity index is 0.00000363. The number of amides is 1. The Kier molecular flexibility index (Phi) is 11.5. The molecule has 2 aliphatic heterocycles. The molecule has 2 fully saturated rings. The summed E-state index contributed by atoms with van der Waals surface area (Å²) in [6.07, 6.45) is 2.00. The Morgan fingerprint density at radius 3 is 2.78 bits per heavy atom. The van der Waals surface area contributed by atoms with Gasteiger partial charge in [0.25, 0.3) is 0 Å². The Hall–Kier alpha value is -1.66. The lowest BCUT2D eigenvalue weighted by Gasteiger charge is -2.35. The van der Waals surface area contributed by atoms with E-state index in [9.17, 15) is 9.18 Å². The molecular weight excluding hydrogens is 526 g/mol. The zero-order valence-corrected chi connectivity index (χ0v) is 21.4. The van der Waals surface area contributed by atoms with E-state index in [1.165, 1.54) is 6.07 Å². The van der Waals surface area contributed by atoms with Crippen LogP contribution in [0.3, 0.4) is 0 Å². The van der Waals surface area contributed by atoms with Crippen molar-refractivity contribution in [2.45, 2.75) is 18.9 Å². The number of aliphatic imine (C=N–C) groups is 1. The molecule has 0 saturated carbocycles. The van der Waals surface area contributed by atoms with E-state index in [2.05, 4.69) is 25.4 Å². The first-order valence-electron chi connectivity index (χ1n) is 11.1. The fourth-order valence-corrected chi connectivity index (χ4v) is 3.79. The SMILES string of the molecule is CN(C)C(=O)CN=C(NCCN1CCOCC1)NC1CCCN(c2cccc(F)c2)C1.I. The van der Waals surface area contributed by atoms with Crippen LogP contribution in [0.2, 0.25) is 0 Å². The maximum atomic E-state index is 13.6. The molecule has 8 nitrogen and oxygen atoms in total. The van der Waals surface area contributed by atoms with E-state index >= 15 is 0 Å². The first-order chi connectivity index (χ1) is 15.0. The molecule has 1 aromatic carbocycles. The van der Waals surface area contributed by atoms with Gasteiger partial charge in [-0.2, -0.15) is 0 Å². The van der Waals surface area contributed by atoms with Crippen molar-refractivity contribution < 1.29 is 13.9 Å². The molecule has 1 unspecified atom stereocenters. The molecule has 1 aromatic rings. The van der Waals surface area contributed by atoms with Crippen LogP contribution in [0.4, 0.5) is 10.1 Å². The van der Waals surface area contributed by atoms with E-state index < -0.39 is 0 Å². The van der Waals surface area contributed by atoms with Crippen LogP contribution in [-0.4, -0.2) is 101 Å². The minimum absolute atomic E-state index is 0. The van der Waals surface area contributed by atoms with Crippen molar-refractivity contribution in [1.29, 1.82) is 0 Å². The van der Waals surface area contributed by atoms with Gasteiger partial charge in [-0.3, -0.25) is 9.69 Å². The van der Waals surface area contributed by atoms with E-state index in [-0.39, 0.29) is 48.3 Å². The highest BCUT2D eigenvalue weighted by atomic mass is 127. The summed E-state index contributed by atoms with van der Waals surface area (Å²) in [5, 5.41) is 6.87. The van der Waals surface area contributed by atoms with Crippen LogP contribution in [0.1, 0.15) is 12.8 Å². The molecule has 2 aliphatic rings. The number of hydrogen-bond donors (Lipinski definition) is 2. The van der Waals surface area contributed by atoms with Crippen LogP contribution in [0.15, 0.2) is 29.3 Å². The fraction of sp³-hybridized carbons (Fsp3) is 0.636. The maximum Gasteiger partial charge on any atom is 0.243 e. The number of morpholine rings is 1. The Morgan fingerprint density at radius 2 is 2.06 bits per heavy atom. The number of rotatable bonds is 7. The normalized spacial score (nSPS) is 19.8. The lowest BCUT2D eigenvalue weighted by molar-refractivity contribution is -0.127. The third kappa shape index (κ3) is 8.70. The molecule has 0 aromatic heterocycles. The van der Waals surface area contributed by atoms with Crippen molar-refractivity contribution in [3.05, 3.63) is 30.1 Å². The second-order valence-corrected chi connectivity index (χ2v) is 8.24. The molecule has 0 aliphatic carbocycles. The Bertz CT molecular complexity index is 745. The number of guanidine groups is 1. The third-order valence-electron chi connectivity index (χ3n) is 5.63. The molecule has 2 N–H and O–H groups in total. The van der Waals surface area contributed by atoms with Gasteiger partial charge in [0.2, 0.25) is 5.91 Å². The summed E-state index contributed by atoms with van der Waals surface area (Å²) in [6, 6.07) is 6.90. The number of likely N-dealkylation sites (N-methyl/N-ethyl adjacent to an activating group) is 1. The van der Waals surface area contributed by atoms with Crippen LogP contribution >= 0.6 is 24.0 Å². The van der Waals surface area contributed by atoms with Crippen molar-refractivity contribution >= 4 is 41.5 Å². The van der Waals surface area contributed by atoms with Crippen LogP contribution in [0.5, 0.6) is 0 Å². The van der Waals surface area contributed by atoms with Gasteiger partial charge < -0.3 is 25.2 Å². The average Bonchev–Trinajstić information content (AvgIpc) is 2.78. The molecule has 3 rings (SSSR count). The molecule has 180 valence electrons. The van der Waals surface area contributed by atoms with Crippen LogP contribution in [-0.2, 0) is 9.53 Å². The molecule has 2 saturated heterocycles. The number of carbonyl (C=O) groups excluding carboxylic acids is 1. The van der Waals surface area contributed by atoms with E-state index in [0.29, 0.717) is 5.96 Å². The van der Waals surface area contributed by atoms with Crippen LogP contribution in [0, 0.1) is 5.82 Å². The summed E-state index contributed by atoms with van der Waals surface area (Å²) in [5.74, 6) is 0.385. The molecule has 32 heavy (non-hydrogen) atoms. The summed E-state index contributed by atoms with van der Waals surface area (Å²) in [4.78, 5) is 22.6. The third-order valence-corrected chi connectivity index (χ3v) is 5.63. The van der Waals surface area contributed by atoms with Crippen molar-refractivity contribution in [2.24, 2.45) is 4.99 Å². The number of benzene rings is 1. The van der Waals surface area contributed by atoms with Crippen LogP contribution < -0.4 is 15.5 Å². The fourth-order valence-electron chi connectivity index (χ4n) is 3.79. The standard InChI is InChI=1S/C22H35FN6O2.HI/c1-27(2)21(30)16-25-22(24-8-10-28-11-13-31-14-12-28)26-19-6-4-9-29(17-19)20-7-3-5-18(23)15-20;/h3,5,7,15,19H,4,6,8-14,16-17H2,1-2H3,(H2,24,25,26);1H. The number of piperidine rings is 1. The van der Waals surface area contributed by atoms with Crippen molar-refractivity contribution in [2.75, 3.05) is 78.0 Å². The zero-order valence-electron chi connectivity index (χ0n) is 19.1. The van der Waals surface area contributed by atoms with E-state index in [0.717, 1.165) is 71.0 Å². The first-order valence-corrected chi connectivity index (χ1v) is 11.1. The van der Waals surface area contributed by atoms with Gasteiger partial charge in [-0.05, 0) is 31.0 Å². The Labute approximate surface area is 207 Å². The highest BCUT2D eigenvalue weighted by Crippen LogP contribution is 2.20. The first kappa shape index (κ1) is 26.6. The summed E-state index contributed by atoms with van der Waals surface area (Å²) in [7, 11) is 3.46. The van der Waals surface area contributed by atoms with E-state index in [1.54, 1.807) is 31.1 Å². The molecule has 0 radical (unpaired) electrons. The monoisotopic (exact) mass is 562 g/mol. The van der Waals surface area contributed by atoms with Gasteiger partial charge in [0.05, 0.1) is 13.2 Å². The predicted octanol–water partition coefficient (Wildman–Crippen LogP) is 1.37. The summed E-state index contributed by atoms with van der Waals surface area (Å²) in [6.45, 7) is 6.81. The molecule has 1 atom stereocenters. The molecule has 1 amide bonds. The van der Waals surface area contributed by atoms with Gasteiger partial charge in [0, 0.05) is 65.1 Å². The minimum atomic E-state index is -0.221. The number of nitrogens with zero attached hydrogens (tertiary/aromatic N) is 4. The van der Waals surface area contributed by atoms with E-state index in [4.69, 9.17) is 4.74 Å². The lowest BCUT2D eigenvalue weighted by atomic mass is 10.0. The smallest absolute Gasteiger partial charge is 0.243 e. The van der Waals surface area contributed by atoms with Gasteiger partial charge >= 0.3 is 0 Å². The Morgan fingerprint density at radius 1 is 1.28 bits per heavy atom. The number of halogens is 2. The van der Waals surface area contributed by atoms with E-state index in [1.807, 2.05) is 6.07 Å². The van der Waals surface area contributed by atoms with Crippen molar-refractivity contribution in [3.8, 4) is 0 Å². The average molecular weight is 562 g/mol. The van der Waals surface area contributed by atoms with Gasteiger partial charge in [-0.25, -0.2) is 9.38 Å². The van der Waals surface area contributed by atoms with Crippen LogP contribution in [0.25, 0.3) is 0 Å². The topological polar surface area (TPSA) is 72.4 Å². The predicted molar refractivity (Wildman–Crippen MR) is 136 cm³/mol. The van der Waals surface area contributed by atoms with Gasteiger partial charge in [0.1, 0.15) is 12.4 Å².